The van der Waals surface area contributed by atoms with E-state index in [1.165, 1.54) is 19.3 Å². The number of carbonyl (C=O) groups is 2. The number of nitrogens with one attached hydrogen (secondary N) is 1. The van der Waals surface area contributed by atoms with Crippen LogP contribution in [0.15, 0.2) is 0 Å². The number of rotatable bonds is 2. The summed E-state index contributed by atoms with van der Waals surface area (Å²) in [7, 11) is 0. The molecule has 1 N–H and O–H groups in total. The molecule has 1 saturated carbocycles. The first-order valence-corrected chi connectivity index (χ1v) is 7.79. The molecular weight excluding hydrogens is 256 g/mol. The van der Waals surface area contributed by atoms with E-state index < -0.39 is 0 Å². The van der Waals surface area contributed by atoms with Gasteiger partial charge in [0.05, 0.1) is 12.1 Å². The Bertz CT molecular complexity index is 398. The van der Waals surface area contributed by atoms with Crippen molar-refractivity contribution in [3.63, 3.8) is 0 Å². The van der Waals surface area contributed by atoms with E-state index in [1.54, 1.807) is 4.90 Å². The van der Waals surface area contributed by atoms with Gasteiger partial charge in [-0.05, 0) is 32.1 Å². The predicted octanol–water partition coefficient (Wildman–Crippen LogP) is 1.07. The van der Waals surface area contributed by atoms with Gasteiger partial charge in [-0.15, -0.1) is 0 Å². The Balaban J connectivity index is 1.78. The lowest BCUT2D eigenvalue weighted by molar-refractivity contribution is -0.152. The zero-order valence-corrected chi connectivity index (χ0v) is 12.2. The molecule has 0 aromatic rings. The molecule has 2 aliphatic heterocycles. The Morgan fingerprint density at radius 2 is 2.00 bits per heavy atom. The molecule has 0 spiro atoms. The molecule has 5 nitrogen and oxygen atoms in total. The molecule has 5 heteroatoms. The third kappa shape index (κ3) is 2.43. The second-order valence-corrected chi connectivity index (χ2v) is 6.67. The van der Waals surface area contributed by atoms with Crippen molar-refractivity contribution in [1.82, 2.24) is 10.2 Å². The molecular formula is C15H24N2O3. The standard InChI is InChI=1S/C15H24N2O3/c1-15(7-8-20-10-15)17-9-12(18)16-13(14(17)19)11-5-3-2-4-6-11/h11,13H,2-10H2,1H3,(H,16,18). The first-order valence-electron chi connectivity index (χ1n) is 7.79. The van der Waals surface area contributed by atoms with Crippen molar-refractivity contribution in [1.29, 1.82) is 0 Å². The van der Waals surface area contributed by atoms with E-state index in [1.807, 2.05) is 6.92 Å². The highest BCUT2D eigenvalue weighted by Crippen LogP contribution is 2.32. The van der Waals surface area contributed by atoms with Gasteiger partial charge >= 0.3 is 0 Å². The van der Waals surface area contributed by atoms with Crippen molar-refractivity contribution in [3.8, 4) is 0 Å². The Labute approximate surface area is 120 Å². The van der Waals surface area contributed by atoms with Gasteiger partial charge < -0.3 is 15.0 Å². The number of piperazine rings is 1. The maximum atomic E-state index is 12.8. The molecule has 3 rings (SSSR count). The maximum absolute atomic E-state index is 12.8. The van der Waals surface area contributed by atoms with Gasteiger partial charge in [0.1, 0.15) is 12.6 Å². The molecule has 2 amide bonds. The summed E-state index contributed by atoms with van der Waals surface area (Å²) in [5, 5.41) is 2.94. The molecule has 0 aromatic carbocycles. The second-order valence-electron chi connectivity index (χ2n) is 6.67. The highest BCUT2D eigenvalue weighted by atomic mass is 16.5. The first kappa shape index (κ1) is 13.9. The average Bonchev–Trinajstić information content (AvgIpc) is 2.90. The highest BCUT2D eigenvalue weighted by Gasteiger charge is 2.46. The fourth-order valence-electron chi connectivity index (χ4n) is 3.78. The molecule has 2 atom stereocenters. The Hall–Kier alpha value is -1.10. The molecule has 2 saturated heterocycles. The lowest BCUT2D eigenvalue weighted by Crippen LogP contribution is -2.66. The third-order valence-corrected chi connectivity index (χ3v) is 5.12. The molecule has 112 valence electrons. The highest BCUT2D eigenvalue weighted by molar-refractivity contribution is 5.95. The number of carbonyl (C=O) groups excluding carboxylic acids is 2. The van der Waals surface area contributed by atoms with Gasteiger partial charge in [-0.1, -0.05) is 19.3 Å². The summed E-state index contributed by atoms with van der Waals surface area (Å²) >= 11 is 0. The first-order chi connectivity index (χ1) is 9.60. The molecule has 3 fully saturated rings. The van der Waals surface area contributed by atoms with Crippen LogP contribution in [0.2, 0.25) is 0 Å². The fourth-order valence-corrected chi connectivity index (χ4v) is 3.78. The van der Waals surface area contributed by atoms with Gasteiger partial charge in [0.2, 0.25) is 11.8 Å². The summed E-state index contributed by atoms with van der Waals surface area (Å²) in [6.07, 6.45) is 6.52. The normalized spacial score (nSPS) is 36.2. The minimum Gasteiger partial charge on any atom is -0.379 e. The Kier molecular flexibility index (Phi) is 3.71. The summed E-state index contributed by atoms with van der Waals surface area (Å²) in [5.41, 5.74) is -0.304. The van der Waals surface area contributed by atoms with Crippen LogP contribution in [-0.4, -0.2) is 48.1 Å². The minimum absolute atomic E-state index is 0.0201. The van der Waals surface area contributed by atoms with Gasteiger partial charge in [-0.2, -0.15) is 0 Å². The van der Waals surface area contributed by atoms with Crippen molar-refractivity contribution in [2.75, 3.05) is 19.8 Å². The molecule has 2 heterocycles. The van der Waals surface area contributed by atoms with Crippen LogP contribution >= 0.6 is 0 Å². The largest absolute Gasteiger partial charge is 0.379 e. The Morgan fingerprint density at radius 1 is 1.25 bits per heavy atom. The van der Waals surface area contributed by atoms with Crippen LogP contribution in [0.4, 0.5) is 0 Å². The van der Waals surface area contributed by atoms with Crippen molar-refractivity contribution >= 4 is 11.8 Å². The van der Waals surface area contributed by atoms with Crippen molar-refractivity contribution in [2.45, 2.75) is 57.0 Å². The molecule has 1 aliphatic carbocycles. The lowest BCUT2D eigenvalue weighted by atomic mass is 9.82. The van der Waals surface area contributed by atoms with Gasteiger partial charge in [0.15, 0.2) is 0 Å². The maximum Gasteiger partial charge on any atom is 0.246 e. The van der Waals surface area contributed by atoms with E-state index in [0.29, 0.717) is 19.1 Å². The van der Waals surface area contributed by atoms with Crippen LogP contribution in [0.1, 0.15) is 45.4 Å². The van der Waals surface area contributed by atoms with Gasteiger partial charge in [-0.3, -0.25) is 9.59 Å². The van der Waals surface area contributed by atoms with E-state index in [4.69, 9.17) is 4.74 Å². The SMILES string of the molecule is CC1(N2CC(=O)NC(C3CCCCC3)C2=O)CCOC1. The molecule has 0 bridgehead atoms. The lowest BCUT2D eigenvalue weighted by Gasteiger charge is -2.44. The quantitative estimate of drug-likeness (QED) is 0.823. The van der Waals surface area contributed by atoms with Crippen molar-refractivity contribution in [2.24, 2.45) is 5.92 Å². The van der Waals surface area contributed by atoms with Crippen LogP contribution in [0.25, 0.3) is 0 Å². The smallest absolute Gasteiger partial charge is 0.246 e. The number of nitrogens with zero attached hydrogens (tertiary/aromatic N) is 1. The zero-order valence-electron chi connectivity index (χ0n) is 12.2. The van der Waals surface area contributed by atoms with E-state index >= 15 is 0 Å². The summed E-state index contributed by atoms with van der Waals surface area (Å²) < 4.78 is 5.45. The van der Waals surface area contributed by atoms with Crippen LogP contribution in [-0.2, 0) is 14.3 Å². The van der Waals surface area contributed by atoms with Crippen molar-refractivity contribution < 1.29 is 14.3 Å². The average molecular weight is 280 g/mol. The fraction of sp³-hybridized carbons (Fsp3) is 0.867. The minimum atomic E-state index is -0.311. The molecule has 20 heavy (non-hydrogen) atoms. The van der Waals surface area contributed by atoms with Crippen LogP contribution in [0.3, 0.4) is 0 Å². The van der Waals surface area contributed by atoms with Crippen molar-refractivity contribution in [3.05, 3.63) is 0 Å². The van der Waals surface area contributed by atoms with Gasteiger partial charge in [0.25, 0.3) is 0 Å². The van der Waals surface area contributed by atoms with Crippen LogP contribution in [0, 0.1) is 5.92 Å². The molecule has 3 aliphatic rings. The van der Waals surface area contributed by atoms with Gasteiger partial charge in [0, 0.05) is 6.61 Å². The summed E-state index contributed by atoms with van der Waals surface area (Å²) in [6, 6.07) is -0.311. The predicted molar refractivity (Wildman–Crippen MR) is 74.1 cm³/mol. The van der Waals surface area contributed by atoms with Gasteiger partial charge in [-0.25, -0.2) is 0 Å². The summed E-state index contributed by atoms with van der Waals surface area (Å²) in [5.74, 6) is 0.395. The summed E-state index contributed by atoms with van der Waals surface area (Å²) in [4.78, 5) is 26.6. The number of hydrogen-bond donors (Lipinski definition) is 1. The topological polar surface area (TPSA) is 58.6 Å². The molecule has 2 unspecified atom stereocenters. The molecule has 0 aromatic heterocycles. The Morgan fingerprint density at radius 3 is 2.65 bits per heavy atom. The van der Waals surface area contributed by atoms with Crippen LogP contribution < -0.4 is 5.32 Å². The number of hydrogen-bond acceptors (Lipinski definition) is 3. The monoisotopic (exact) mass is 280 g/mol. The number of ether oxygens (including phenoxy) is 1. The third-order valence-electron chi connectivity index (χ3n) is 5.12. The zero-order chi connectivity index (χ0) is 14.2. The van der Waals surface area contributed by atoms with E-state index in [0.717, 1.165) is 19.3 Å². The van der Waals surface area contributed by atoms with E-state index in [2.05, 4.69) is 5.32 Å². The summed E-state index contributed by atoms with van der Waals surface area (Å²) in [6.45, 7) is 3.44. The number of amides is 2. The molecule has 0 radical (unpaired) electrons. The van der Waals surface area contributed by atoms with E-state index in [-0.39, 0.29) is 29.9 Å². The van der Waals surface area contributed by atoms with Crippen LogP contribution in [0.5, 0.6) is 0 Å². The van der Waals surface area contributed by atoms with E-state index in [9.17, 15) is 9.59 Å². The second kappa shape index (κ2) is 5.35.